The molecule has 2 aromatic heterocycles. The van der Waals surface area contributed by atoms with E-state index in [2.05, 4.69) is 10.4 Å². The van der Waals surface area contributed by atoms with Gasteiger partial charge in [-0.15, -0.1) is 11.3 Å². The molecule has 5 nitrogen and oxygen atoms in total. The fraction of sp³-hybridized carbons (Fsp3) is 0.200. The standard InChI is InChI=1S/C10H12N4OS/c1-6-8(11)3-9(16-6)10(15)13-7-4-12-14(2)5-7/h3-5H,11H2,1-2H3,(H,13,15). The molecule has 2 heterocycles. The summed E-state index contributed by atoms with van der Waals surface area (Å²) in [6, 6.07) is 1.69. The van der Waals surface area contributed by atoms with Crippen molar-refractivity contribution in [3.05, 3.63) is 28.2 Å². The van der Waals surface area contributed by atoms with Crippen LogP contribution in [0.1, 0.15) is 14.5 Å². The summed E-state index contributed by atoms with van der Waals surface area (Å²) in [5.41, 5.74) is 7.02. The van der Waals surface area contributed by atoms with E-state index in [1.165, 1.54) is 11.3 Å². The quantitative estimate of drug-likeness (QED) is 0.832. The predicted molar refractivity (Wildman–Crippen MR) is 64.6 cm³/mol. The van der Waals surface area contributed by atoms with Gasteiger partial charge in [0.15, 0.2) is 0 Å². The smallest absolute Gasteiger partial charge is 0.265 e. The summed E-state index contributed by atoms with van der Waals surface area (Å²) in [6.45, 7) is 1.89. The largest absolute Gasteiger partial charge is 0.398 e. The molecule has 0 aliphatic rings. The summed E-state index contributed by atoms with van der Waals surface area (Å²) in [5.74, 6) is -0.155. The molecule has 0 aliphatic heterocycles. The molecule has 16 heavy (non-hydrogen) atoms. The van der Waals surface area contributed by atoms with E-state index in [0.717, 1.165) is 4.88 Å². The third kappa shape index (κ3) is 2.06. The summed E-state index contributed by atoms with van der Waals surface area (Å²) in [5, 5.41) is 6.72. The maximum atomic E-state index is 11.8. The number of nitrogens with one attached hydrogen (secondary N) is 1. The molecule has 0 spiro atoms. The van der Waals surface area contributed by atoms with Gasteiger partial charge in [0, 0.05) is 23.8 Å². The summed E-state index contributed by atoms with van der Waals surface area (Å²) in [4.78, 5) is 13.4. The average Bonchev–Trinajstić information content (AvgIpc) is 2.75. The first-order chi connectivity index (χ1) is 7.56. The molecular formula is C10H12N4OS. The minimum absolute atomic E-state index is 0.155. The van der Waals surface area contributed by atoms with E-state index in [1.807, 2.05) is 6.92 Å². The Bertz CT molecular complexity index is 509. The molecule has 0 saturated heterocycles. The van der Waals surface area contributed by atoms with Crippen molar-refractivity contribution >= 4 is 28.6 Å². The van der Waals surface area contributed by atoms with Crippen molar-refractivity contribution in [2.75, 3.05) is 11.1 Å². The summed E-state index contributed by atoms with van der Waals surface area (Å²) < 4.78 is 1.63. The fourth-order valence-electron chi connectivity index (χ4n) is 1.29. The maximum absolute atomic E-state index is 11.8. The van der Waals surface area contributed by atoms with E-state index >= 15 is 0 Å². The van der Waals surface area contributed by atoms with Gasteiger partial charge in [-0.1, -0.05) is 0 Å². The zero-order chi connectivity index (χ0) is 11.7. The highest BCUT2D eigenvalue weighted by Gasteiger charge is 2.11. The maximum Gasteiger partial charge on any atom is 0.265 e. The molecule has 0 fully saturated rings. The monoisotopic (exact) mass is 236 g/mol. The highest BCUT2D eigenvalue weighted by molar-refractivity contribution is 7.14. The first-order valence-corrected chi connectivity index (χ1v) is 5.54. The number of aromatic nitrogens is 2. The van der Waals surface area contributed by atoms with Crippen LogP contribution in [0.5, 0.6) is 0 Å². The van der Waals surface area contributed by atoms with Crippen molar-refractivity contribution in [3.63, 3.8) is 0 Å². The first-order valence-electron chi connectivity index (χ1n) is 4.72. The van der Waals surface area contributed by atoms with E-state index in [1.54, 1.807) is 30.2 Å². The van der Waals surface area contributed by atoms with Crippen molar-refractivity contribution in [3.8, 4) is 0 Å². The van der Waals surface area contributed by atoms with Gasteiger partial charge in [-0.05, 0) is 13.0 Å². The van der Waals surface area contributed by atoms with Gasteiger partial charge in [0.25, 0.3) is 5.91 Å². The number of nitrogens with zero attached hydrogens (tertiary/aromatic N) is 2. The van der Waals surface area contributed by atoms with Crippen molar-refractivity contribution in [2.45, 2.75) is 6.92 Å². The highest BCUT2D eigenvalue weighted by atomic mass is 32.1. The number of carbonyl (C=O) groups is 1. The number of nitrogen functional groups attached to an aromatic ring is 1. The molecule has 3 N–H and O–H groups in total. The fourth-order valence-corrected chi connectivity index (χ4v) is 2.12. The Morgan fingerprint density at radius 2 is 2.38 bits per heavy atom. The number of hydrogen-bond donors (Lipinski definition) is 2. The summed E-state index contributed by atoms with van der Waals surface area (Å²) in [6.07, 6.45) is 3.34. The van der Waals surface area contributed by atoms with Crippen LogP contribution in [0, 0.1) is 6.92 Å². The SMILES string of the molecule is Cc1sc(C(=O)Nc2cnn(C)c2)cc1N. The Morgan fingerprint density at radius 1 is 1.62 bits per heavy atom. The van der Waals surface area contributed by atoms with Crippen LogP contribution in [0.15, 0.2) is 18.5 Å². The van der Waals surface area contributed by atoms with Crippen LogP contribution in [-0.2, 0) is 7.05 Å². The highest BCUT2D eigenvalue weighted by Crippen LogP contribution is 2.24. The zero-order valence-electron chi connectivity index (χ0n) is 9.02. The number of hydrogen-bond acceptors (Lipinski definition) is 4. The lowest BCUT2D eigenvalue weighted by Gasteiger charge is -1.98. The molecule has 0 bridgehead atoms. The van der Waals surface area contributed by atoms with E-state index < -0.39 is 0 Å². The van der Waals surface area contributed by atoms with Gasteiger partial charge in [0.05, 0.1) is 16.8 Å². The number of carbonyl (C=O) groups excluding carboxylic acids is 1. The topological polar surface area (TPSA) is 72.9 Å². The van der Waals surface area contributed by atoms with Crippen LogP contribution in [0.25, 0.3) is 0 Å². The molecular weight excluding hydrogens is 224 g/mol. The third-order valence-electron chi connectivity index (χ3n) is 2.14. The number of rotatable bonds is 2. The van der Waals surface area contributed by atoms with E-state index in [4.69, 9.17) is 5.73 Å². The van der Waals surface area contributed by atoms with Gasteiger partial charge in [0.1, 0.15) is 0 Å². The molecule has 6 heteroatoms. The molecule has 0 saturated carbocycles. The Morgan fingerprint density at radius 3 is 2.88 bits per heavy atom. The number of aryl methyl sites for hydroxylation is 2. The number of thiophene rings is 1. The summed E-state index contributed by atoms with van der Waals surface area (Å²) in [7, 11) is 1.79. The van der Waals surface area contributed by atoms with Crippen LogP contribution in [0.3, 0.4) is 0 Å². The van der Waals surface area contributed by atoms with Crippen LogP contribution >= 0.6 is 11.3 Å². The lowest BCUT2D eigenvalue weighted by Crippen LogP contribution is -2.09. The second kappa shape index (κ2) is 3.97. The van der Waals surface area contributed by atoms with Crippen LogP contribution < -0.4 is 11.1 Å². The van der Waals surface area contributed by atoms with Gasteiger partial charge >= 0.3 is 0 Å². The van der Waals surface area contributed by atoms with Gasteiger partial charge < -0.3 is 11.1 Å². The average molecular weight is 236 g/mol. The van der Waals surface area contributed by atoms with Gasteiger partial charge in [-0.3, -0.25) is 9.48 Å². The first kappa shape index (κ1) is 10.7. The van der Waals surface area contributed by atoms with Crippen molar-refractivity contribution in [1.82, 2.24) is 9.78 Å². The molecule has 0 aromatic carbocycles. The molecule has 0 radical (unpaired) electrons. The Balaban J connectivity index is 2.14. The Hall–Kier alpha value is -1.82. The Labute approximate surface area is 96.9 Å². The molecule has 0 unspecified atom stereocenters. The third-order valence-corrected chi connectivity index (χ3v) is 3.21. The lowest BCUT2D eigenvalue weighted by atomic mass is 10.3. The number of nitrogens with two attached hydrogens (primary N) is 1. The minimum atomic E-state index is -0.155. The van der Waals surface area contributed by atoms with Crippen molar-refractivity contribution in [1.29, 1.82) is 0 Å². The van der Waals surface area contributed by atoms with E-state index in [-0.39, 0.29) is 5.91 Å². The van der Waals surface area contributed by atoms with Crippen LogP contribution in [0.4, 0.5) is 11.4 Å². The number of anilines is 2. The van der Waals surface area contributed by atoms with Gasteiger partial charge in [-0.2, -0.15) is 5.10 Å². The molecule has 1 amide bonds. The minimum Gasteiger partial charge on any atom is -0.398 e. The van der Waals surface area contributed by atoms with Crippen molar-refractivity contribution in [2.24, 2.45) is 7.05 Å². The molecule has 0 atom stereocenters. The molecule has 2 aromatic rings. The second-order valence-electron chi connectivity index (χ2n) is 3.48. The number of amides is 1. The molecule has 2 rings (SSSR count). The van der Waals surface area contributed by atoms with Gasteiger partial charge in [0.2, 0.25) is 0 Å². The van der Waals surface area contributed by atoms with Crippen LogP contribution in [0.2, 0.25) is 0 Å². The Kier molecular flexibility index (Phi) is 2.66. The normalized spacial score (nSPS) is 10.4. The lowest BCUT2D eigenvalue weighted by molar-refractivity contribution is 0.103. The molecule has 0 aliphatic carbocycles. The van der Waals surface area contributed by atoms with E-state index in [9.17, 15) is 4.79 Å². The predicted octanol–water partition coefficient (Wildman–Crippen LogP) is 1.62. The van der Waals surface area contributed by atoms with Crippen LogP contribution in [-0.4, -0.2) is 15.7 Å². The van der Waals surface area contributed by atoms with Gasteiger partial charge in [-0.25, -0.2) is 0 Å². The summed E-state index contributed by atoms with van der Waals surface area (Å²) >= 11 is 1.38. The molecule has 84 valence electrons. The second-order valence-corrected chi connectivity index (χ2v) is 4.74. The van der Waals surface area contributed by atoms with E-state index in [0.29, 0.717) is 16.3 Å². The zero-order valence-corrected chi connectivity index (χ0v) is 9.84. The van der Waals surface area contributed by atoms with Crippen molar-refractivity contribution < 1.29 is 4.79 Å².